The number of esters is 2. The van der Waals surface area contributed by atoms with Gasteiger partial charge in [-0.3, -0.25) is 9.59 Å². The third-order valence-electron chi connectivity index (χ3n) is 5.91. The van der Waals surface area contributed by atoms with E-state index in [2.05, 4.69) is 6.92 Å². The average molecular weight is 516 g/mol. The fourth-order valence-corrected chi connectivity index (χ4v) is 4.16. The molecule has 1 aromatic carbocycles. The van der Waals surface area contributed by atoms with E-state index in [1.54, 1.807) is 18.2 Å². The molecule has 0 saturated carbocycles. The average Bonchev–Trinajstić information content (AvgIpc) is 2.82. The van der Waals surface area contributed by atoms with Gasteiger partial charge in [0.2, 0.25) is 0 Å². The molecular weight excluding hydrogens is 471 g/mol. The Morgan fingerprint density at radius 3 is 1.76 bits per heavy atom. The zero-order valence-electron chi connectivity index (χ0n) is 21.1. The quantitative estimate of drug-likeness (QED) is 0.0929. The van der Waals surface area contributed by atoms with Gasteiger partial charge in [-0.1, -0.05) is 120 Å². The number of hydrogen-bond donors (Lipinski definition) is 0. The van der Waals surface area contributed by atoms with Crippen LogP contribution in [0.3, 0.4) is 0 Å². The van der Waals surface area contributed by atoms with Gasteiger partial charge in [-0.2, -0.15) is 0 Å². The number of rotatable bonds is 21. The second kappa shape index (κ2) is 21.1. The predicted octanol–water partition coefficient (Wildman–Crippen LogP) is 9.48. The van der Waals surface area contributed by atoms with Crippen molar-refractivity contribution >= 4 is 35.1 Å². The van der Waals surface area contributed by atoms with Crippen molar-refractivity contribution in [3.05, 3.63) is 28.2 Å². The molecule has 0 aliphatic heterocycles. The van der Waals surface area contributed by atoms with Crippen molar-refractivity contribution in [2.75, 3.05) is 6.61 Å². The third kappa shape index (κ3) is 16.4. The van der Waals surface area contributed by atoms with Crippen LogP contribution in [-0.2, 0) is 14.3 Å². The van der Waals surface area contributed by atoms with Crippen LogP contribution in [0.15, 0.2) is 18.2 Å². The maximum Gasteiger partial charge on any atom is 0.311 e. The topological polar surface area (TPSA) is 52.6 Å². The molecule has 0 radical (unpaired) electrons. The van der Waals surface area contributed by atoms with Crippen LogP contribution in [-0.4, -0.2) is 18.5 Å². The molecule has 0 N–H and O–H groups in total. The molecule has 0 spiro atoms. The van der Waals surface area contributed by atoms with Crippen molar-refractivity contribution in [1.82, 2.24) is 0 Å². The maximum absolute atomic E-state index is 11.9. The Kier molecular flexibility index (Phi) is 19.1. The van der Waals surface area contributed by atoms with Crippen LogP contribution in [0.2, 0.25) is 10.0 Å². The number of benzene rings is 1. The van der Waals surface area contributed by atoms with Crippen molar-refractivity contribution < 1.29 is 19.1 Å². The Morgan fingerprint density at radius 2 is 1.18 bits per heavy atom. The number of halogens is 2. The number of carbonyl (C=O) groups is 2. The van der Waals surface area contributed by atoms with E-state index in [-0.39, 0.29) is 17.0 Å². The van der Waals surface area contributed by atoms with Crippen molar-refractivity contribution in [2.24, 2.45) is 0 Å². The van der Waals surface area contributed by atoms with Crippen molar-refractivity contribution in [1.29, 1.82) is 0 Å². The highest BCUT2D eigenvalue weighted by Gasteiger charge is 2.10. The molecule has 0 saturated heterocycles. The molecule has 0 fully saturated rings. The van der Waals surface area contributed by atoms with Crippen LogP contribution in [0.5, 0.6) is 5.75 Å². The van der Waals surface area contributed by atoms with Gasteiger partial charge in [-0.05, 0) is 31.4 Å². The van der Waals surface area contributed by atoms with Crippen LogP contribution in [0.1, 0.15) is 122 Å². The second-order valence-electron chi connectivity index (χ2n) is 9.05. The molecule has 0 aromatic heterocycles. The highest BCUT2D eigenvalue weighted by Crippen LogP contribution is 2.31. The SMILES string of the molecule is CCCCCCCCCCCCOC(=O)CCCCCCCCC(=O)Oc1cccc(Cl)c1Cl. The molecule has 0 atom stereocenters. The smallest absolute Gasteiger partial charge is 0.311 e. The van der Waals surface area contributed by atoms with Gasteiger partial charge in [0.25, 0.3) is 0 Å². The van der Waals surface area contributed by atoms with Gasteiger partial charge in [-0.15, -0.1) is 0 Å². The Balaban J connectivity index is 1.86. The van der Waals surface area contributed by atoms with Gasteiger partial charge < -0.3 is 9.47 Å². The highest BCUT2D eigenvalue weighted by molar-refractivity contribution is 6.43. The molecular formula is C28H44Cl2O4. The summed E-state index contributed by atoms with van der Waals surface area (Å²) in [5.41, 5.74) is 0. The summed E-state index contributed by atoms with van der Waals surface area (Å²) in [6.45, 7) is 2.81. The van der Waals surface area contributed by atoms with Crippen LogP contribution in [0.4, 0.5) is 0 Å². The van der Waals surface area contributed by atoms with E-state index in [1.807, 2.05) is 0 Å². The summed E-state index contributed by atoms with van der Waals surface area (Å²) in [7, 11) is 0. The molecule has 0 aliphatic carbocycles. The minimum atomic E-state index is -0.297. The molecule has 6 heteroatoms. The first-order valence-corrected chi connectivity index (χ1v) is 14.1. The zero-order valence-corrected chi connectivity index (χ0v) is 22.6. The summed E-state index contributed by atoms with van der Waals surface area (Å²) in [6.07, 6.45) is 19.4. The van der Waals surface area contributed by atoms with Gasteiger partial charge in [0.1, 0.15) is 5.02 Å². The van der Waals surface area contributed by atoms with Gasteiger partial charge >= 0.3 is 11.9 Å². The fraction of sp³-hybridized carbons (Fsp3) is 0.714. The van der Waals surface area contributed by atoms with Crippen molar-refractivity contribution in [3.63, 3.8) is 0 Å². The number of ether oxygens (including phenoxy) is 2. The first kappa shape index (κ1) is 30.8. The second-order valence-corrected chi connectivity index (χ2v) is 9.83. The summed E-state index contributed by atoms with van der Waals surface area (Å²) in [5.74, 6) is -0.0631. The lowest BCUT2D eigenvalue weighted by Gasteiger charge is -2.07. The molecule has 0 heterocycles. The summed E-state index contributed by atoms with van der Waals surface area (Å²) < 4.78 is 10.6. The Bertz CT molecular complexity index is 678. The van der Waals surface area contributed by atoms with E-state index in [4.69, 9.17) is 32.7 Å². The third-order valence-corrected chi connectivity index (χ3v) is 6.71. The first-order chi connectivity index (χ1) is 16.5. The van der Waals surface area contributed by atoms with Gasteiger partial charge in [0.15, 0.2) is 5.75 Å². The minimum absolute atomic E-state index is 0.0710. The molecule has 0 amide bonds. The molecule has 0 aliphatic rings. The van der Waals surface area contributed by atoms with Crippen molar-refractivity contribution in [3.8, 4) is 5.75 Å². The van der Waals surface area contributed by atoms with E-state index < -0.39 is 0 Å². The normalized spacial score (nSPS) is 10.9. The van der Waals surface area contributed by atoms with Gasteiger partial charge in [0.05, 0.1) is 11.6 Å². The van der Waals surface area contributed by atoms with E-state index in [0.717, 1.165) is 51.4 Å². The zero-order chi connectivity index (χ0) is 24.9. The number of hydrogen-bond acceptors (Lipinski definition) is 4. The maximum atomic E-state index is 11.9. The first-order valence-electron chi connectivity index (χ1n) is 13.3. The van der Waals surface area contributed by atoms with E-state index in [0.29, 0.717) is 30.2 Å². The molecule has 0 bridgehead atoms. The summed E-state index contributed by atoms with van der Waals surface area (Å²) in [4.78, 5) is 23.7. The lowest BCUT2D eigenvalue weighted by Crippen LogP contribution is -2.07. The molecule has 0 unspecified atom stereocenters. The van der Waals surface area contributed by atoms with E-state index in [9.17, 15) is 9.59 Å². The molecule has 194 valence electrons. The monoisotopic (exact) mass is 514 g/mol. The van der Waals surface area contributed by atoms with Crippen LogP contribution in [0.25, 0.3) is 0 Å². The summed E-state index contributed by atoms with van der Waals surface area (Å²) >= 11 is 11.9. The Morgan fingerprint density at radius 1 is 0.676 bits per heavy atom. The summed E-state index contributed by atoms with van der Waals surface area (Å²) in [6, 6.07) is 4.98. The van der Waals surface area contributed by atoms with Crippen molar-refractivity contribution in [2.45, 2.75) is 122 Å². The molecule has 1 aromatic rings. The largest absolute Gasteiger partial charge is 0.466 e. The van der Waals surface area contributed by atoms with Gasteiger partial charge in [0, 0.05) is 12.8 Å². The predicted molar refractivity (Wildman–Crippen MR) is 142 cm³/mol. The molecule has 1 rings (SSSR count). The minimum Gasteiger partial charge on any atom is -0.466 e. The van der Waals surface area contributed by atoms with Crippen LogP contribution in [0, 0.1) is 0 Å². The Labute approximate surface area is 217 Å². The lowest BCUT2D eigenvalue weighted by molar-refractivity contribution is -0.144. The summed E-state index contributed by atoms with van der Waals surface area (Å²) in [5, 5.41) is 0.634. The van der Waals surface area contributed by atoms with Crippen LogP contribution >= 0.6 is 23.2 Å². The highest BCUT2D eigenvalue weighted by atomic mass is 35.5. The fourth-order valence-electron chi connectivity index (χ4n) is 3.83. The lowest BCUT2D eigenvalue weighted by atomic mass is 10.1. The van der Waals surface area contributed by atoms with Gasteiger partial charge in [-0.25, -0.2) is 0 Å². The Hall–Kier alpha value is -1.26. The molecule has 4 nitrogen and oxygen atoms in total. The van der Waals surface area contributed by atoms with E-state index in [1.165, 1.54) is 51.4 Å². The van der Waals surface area contributed by atoms with Crippen LogP contribution < -0.4 is 4.74 Å². The number of unbranched alkanes of at least 4 members (excludes halogenated alkanes) is 14. The number of carbonyl (C=O) groups excluding carboxylic acids is 2. The standard InChI is InChI=1S/C28H44Cl2O4/c1-2-3-4-5-6-7-8-11-14-17-23-33-26(31)21-15-12-9-10-13-16-22-27(32)34-25-20-18-19-24(29)28(25)30/h18-20H,2-17,21-23H2,1H3. The molecule has 34 heavy (non-hydrogen) atoms. The van der Waals surface area contributed by atoms with E-state index >= 15 is 0 Å².